The number of carbonyl (C=O) groups is 2. The van der Waals surface area contributed by atoms with E-state index in [9.17, 15) is 9.59 Å². The summed E-state index contributed by atoms with van der Waals surface area (Å²) < 4.78 is 5.65. The Bertz CT molecular complexity index is 769. The molecule has 1 aromatic carbocycles. The van der Waals surface area contributed by atoms with E-state index in [0.29, 0.717) is 25.3 Å². The average Bonchev–Trinajstić information content (AvgIpc) is 3.22. The van der Waals surface area contributed by atoms with Gasteiger partial charge in [-0.05, 0) is 38.2 Å². The number of rotatable bonds is 5. The summed E-state index contributed by atoms with van der Waals surface area (Å²) in [4.78, 5) is 28.6. The van der Waals surface area contributed by atoms with Crippen molar-refractivity contribution >= 4 is 11.8 Å². The van der Waals surface area contributed by atoms with Gasteiger partial charge in [-0.1, -0.05) is 30.3 Å². The Morgan fingerprint density at radius 2 is 1.92 bits per heavy atom. The van der Waals surface area contributed by atoms with Gasteiger partial charge in [0.15, 0.2) is 5.76 Å². The molecule has 1 atom stereocenters. The molecule has 1 aromatic heterocycles. The normalized spacial score (nSPS) is 20.2. The number of carbonyl (C=O) groups excluding carboxylic acids is 2. The molecule has 132 valence electrons. The summed E-state index contributed by atoms with van der Waals surface area (Å²) >= 11 is 0. The van der Waals surface area contributed by atoms with Crippen molar-refractivity contribution in [3.8, 4) is 0 Å². The molecule has 1 saturated heterocycles. The van der Waals surface area contributed by atoms with Gasteiger partial charge in [-0.25, -0.2) is 0 Å². The fraction of sp³-hybridized carbons (Fsp3) is 0.368. The van der Waals surface area contributed by atoms with Crippen molar-refractivity contribution in [2.75, 3.05) is 27.2 Å². The van der Waals surface area contributed by atoms with E-state index >= 15 is 0 Å². The summed E-state index contributed by atoms with van der Waals surface area (Å²) in [7, 11) is 3.87. The zero-order valence-electron chi connectivity index (χ0n) is 14.6. The zero-order valence-corrected chi connectivity index (χ0v) is 14.6. The lowest BCUT2D eigenvalue weighted by Crippen LogP contribution is -2.44. The van der Waals surface area contributed by atoms with Gasteiger partial charge >= 0.3 is 0 Å². The van der Waals surface area contributed by atoms with Crippen molar-refractivity contribution in [3.05, 3.63) is 59.5 Å². The Labute approximate surface area is 147 Å². The lowest BCUT2D eigenvalue weighted by Gasteiger charge is -2.26. The van der Waals surface area contributed by atoms with Crippen LogP contribution in [0.25, 0.3) is 0 Å². The van der Waals surface area contributed by atoms with Gasteiger partial charge in [0.05, 0.1) is 12.0 Å². The molecule has 2 amide bonds. The summed E-state index contributed by atoms with van der Waals surface area (Å²) in [6.07, 6.45) is 0.517. The number of furan rings is 1. The molecule has 6 nitrogen and oxygen atoms in total. The predicted octanol–water partition coefficient (Wildman–Crippen LogP) is 1.61. The number of amides is 2. The maximum atomic E-state index is 12.8. The van der Waals surface area contributed by atoms with Gasteiger partial charge in [-0.2, -0.15) is 0 Å². The molecule has 6 heteroatoms. The second-order valence-electron chi connectivity index (χ2n) is 6.79. The Hall–Kier alpha value is -2.60. The second-order valence-corrected chi connectivity index (χ2v) is 6.79. The molecule has 0 spiro atoms. The fourth-order valence-electron chi connectivity index (χ4n) is 3.36. The number of hydrogen-bond donors (Lipinski definition) is 1. The predicted molar refractivity (Wildman–Crippen MR) is 93.9 cm³/mol. The third-order valence-corrected chi connectivity index (χ3v) is 4.70. The molecular weight excluding hydrogens is 318 g/mol. The van der Waals surface area contributed by atoms with Crippen molar-refractivity contribution in [2.24, 2.45) is 5.73 Å². The molecular formula is C19H23N3O3. The standard InChI is InChI=1S/C19H23N3O3/c1-21(2)12-15-8-9-16(25-15)17(23)22-11-10-19(13-22,18(20)24)14-6-4-3-5-7-14/h3-9H,10-13H2,1-2H3,(H2,20,24). The minimum Gasteiger partial charge on any atom is -0.455 e. The number of nitrogens with two attached hydrogens (primary N) is 1. The first-order chi connectivity index (χ1) is 11.9. The summed E-state index contributed by atoms with van der Waals surface area (Å²) in [5.41, 5.74) is 5.73. The first-order valence-electron chi connectivity index (χ1n) is 8.30. The van der Waals surface area contributed by atoms with Crippen LogP contribution in [0.3, 0.4) is 0 Å². The molecule has 1 aliphatic heterocycles. The Kier molecular flexibility index (Phi) is 4.63. The first-order valence-corrected chi connectivity index (χ1v) is 8.30. The van der Waals surface area contributed by atoms with Crippen LogP contribution in [0.2, 0.25) is 0 Å². The maximum absolute atomic E-state index is 12.8. The molecule has 2 aromatic rings. The summed E-state index contributed by atoms with van der Waals surface area (Å²) in [6.45, 7) is 1.37. The molecule has 3 rings (SSSR count). The van der Waals surface area contributed by atoms with Crippen molar-refractivity contribution in [2.45, 2.75) is 18.4 Å². The van der Waals surface area contributed by atoms with E-state index in [0.717, 1.165) is 11.3 Å². The van der Waals surface area contributed by atoms with Crippen LogP contribution in [-0.4, -0.2) is 48.8 Å². The van der Waals surface area contributed by atoms with Gasteiger partial charge < -0.3 is 20.0 Å². The van der Waals surface area contributed by atoms with E-state index in [1.54, 1.807) is 11.0 Å². The number of likely N-dealkylation sites (tertiary alicyclic amines) is 1. The molecule has 25 heavy (non-hydrogen) atoms. The minimum atomic E-state index is -0.837. The van der Waals surface area contributed by atoms with E-state index in [2.05, 4.69) is 0 Å². The molecule has 1 fully saturated rings. The summed E-state index contributed by atoms with van der Waals surface area (Å²) in [6, 6.07) is 12.9. The highest BCUT2D eigenvalue weighted by molar-refractivity contribution is 5.94. The van der Waals surface area contributed by atoms with E-state index in [-0.39, 0.29) is 12.5 Å². The van der Waals surface area contributed by atoms with Gasteiger partial charge in [0.1, 0.15) is 5.76 Å². The molecule has 0 radical (unpaired) electrons. The SMILES string of the molecule is CN(C)Cc1ccc(C(=O)N2CCC(C(N)=O)(c3ccccc3)C2)o1. The van der Waals surface area contributed by atoms with Crippen LogP contribution in [0.15, 0.2) is 46.9 Å². The first kappa shape index (κ1) is 17.2. The highest BCUT2D eigenvalue weighted by Gasteiger charge is 2.46. The van der Waals surface area contributed by atoms with Gasteiger partial charge in [0.25, 0.3) is 5.91 Å². The molecule has 1 unspecified atom stereocenters. The van der Waals surface area contributed by atoms with Crippen LogP contribution in [0.1, 0.15) is 28.3 Å². The van der Waals surface area contributed by atoms with Crippen molar-refractivity contribution in [1.29, 1.82) is 0 Å². The summed E-state index contributed by atoms with van der Waals surface area (Å²) in [5.74, 6) is 0.424. The maximum Gasteiger partial charge on any atom is 0.289 e. The quantitative estimate of drug-likeness (QED) is 0.896. The van der Waals surface area contributed by atoms with E-state index in [4.69, 9.17) is 10.2 Å². The molecule has 0 bridgehead atoms. The molecule has 0 aliphatic carbocycles. The molecule has 2 heterocycles. The molecule has 2 N–H and O–H groups in total. The van der Waals surface area contributed by atoms with Crippen LogP contribution in [0, 0.1) is 0 Å². The van der Waals surface area contributed by atoms with Gasteiger partial charge in [-0.3, -0.25) is 9.59 Å². The zero-order chi connectivity index (χ0) is 18.0. The van der Waals surface area contributed by atoms with Crippen LogP contribution in [0.5, 0.6) is 0 Å². The van der Waals surface area contributed by atoms with Crippen molar-refractivity contribution in [1.82, 2.24) is 9.80 Å². The second kappa shape index (κ2) is 6.72. The van der Waals surface area contributed by atoms with E-state index < -0.39 is 11.3 Å². The highest BCUT2D eigenvalue weighted by Crippen LogP contribution is 2.35. The van der Waals surface area contributed by atoms with E-state index in [1.807, 2.05) is 55.4 Å². The van der Waals surface area contributed by atoms with Crippen molar-refractivity contribution < 1.29 is 14.0 Å². The highest BCUT2D eigenvalue weighted by atomic mass is 16.4. The fourth-order valence-corrected chi connectivity index (χ4v) is 3.36. The van der Waals surface area contributed by atoms with Crippen LogP contribution >= 0.6 is 0 Å². The smallest absolute Gasteiger partial charge is 0.289 e. The van der Waals surface area contributed by atoms with E-state index in [1.165, 1.54) is 0 Å². The largest absolute Gasteiger partial charge is 0.455 e. The lowest BCUT2D eigenvalue weighted by atomic mass is 9.79. The third-order valence-electron chi connectivity index (χ3n) is 4.70. The number of primary amides is 1. The number of benzene rings is 1. The van der Waals surface area contributed by atoms with Crippen LogP contribution < -0.4 is 5.73 Å². The Morgan fingerprint density at radius 3 is 2.56 bits per heavy atom. The Morgan fingerprint density at radius 1 is 1.20 bits per heavy atom. The monoisotopic (exact) mass is 341 g/mol. The number of nitrogens with zero attached hydrogens (tertiary/aromatic N) is 2. The van der Waals surface area contributed by atoms with Gasteiger partial charge in [0, 0.05) is 13.1 Å². The van der Waals surface area contributed by atoms with Crippen LogP contribution in [-0.2, 0) is 16.8 Å². The molecule has 0 saturated carbocycles. The van der Waals surface area contributed by atoms with Gasteiger partial charge in [-0.15, -0.1) is 0 Å². The minimum absolute atomic E-state index is 0.205. The summed E-state index contributed by atoms with van der Waals surface area (Å²) in [5, 5.41) is 0. The Balaban J connectivity index is 1.80. The lowest BCUT2D eigenvalue weighted by molar-refractivity contribution is -0.123. The van der Waals surface area contributed by atoms with Crippen molar-refractivity contribution in [3.63, 3.8) is 0 Å². The number of hydrogen-bond acceptors (Lipinski definition) is 4. The third kappa shape index (κ3) is 3.30. The van der Waals surface area contributed by atoms with Gasteiger partial charge in [0.2, 0.25) is 5.91 Å². The average molecular weight is 341 g/mol. The van der Waals surface area contributed by atoms with Crippen LogP contribution in [0.4, 0.5) is 0 Å². The topological polar surface area (TPSA) is 79.8 Å². The molecule has 1 aliphatic rings.